The van der Waals surface area contributed by atoms with Crippen LogP contribution < -0.4 is 5.32 Å². The van der Waals surface area contributed by atoms with Gasteiger partial charge in [-0.3, -0.25) is 0 Å². The molecule has 2 rings (SSSR count). The lowest BCUT2D eigenvalue weighted by Gasteiger charge is -2.10. The molecule has 0 radical (unpaired) electrons. The highest BCUT2D eigenvalue weighted by molar-refractivity contribution is 5.32. The van der Waals surface area contributed by atoms with Crippen molar-refractivity contribution in [1.29, 1.82) is 0 Å². The standard InChI is InChI=1S/C9H15N3/c1-7-2-3-8(4-7)12-9-5-10-6-11-9/h5-8,12H,2-4H2,1H3,(H,10,11). The summed E-state index contributed by atoms with van der Waals surface area (Å²) in [4.78, 5) is 7.02. The van der Waals surface area contributed by atoms with Gasteiger partial charge >= 0.3 is 0 Å². The van der Waals surface area contributed by atoms with Gasteiger partial charge in [-0.05, 0) is 25.2 Å². The lowest BCUT2D eigenvalue weighted by Crippen LogP contribution is -2.15. The minimum absolute atomic E-state index is 0.653. The molecule has 12 heavy (non-hydrogen) atoms. The molecular formula is C9H15N3. The van der Waals surface area contributed by atoms with Gasteiger partial charge in [-0.25, -0.2) is 4.98 Å². The van der Waals surface area contributed by atoms with Gasteiger partial charge in [0, 0.05) is 6.04 Å². The van der Waals surface area contributed by atoms with Crippen LogP contribution in [0.3, 0.4) is 0 Å². The lowest BCUT2D eigenvalue weighted by molar-refractivity contribution is 0.602. The Morgan fingerprint density at radius 2 is 2.50 bits per heavy atom. The van der Waals surface area contributed by atoms with E-state index in [2.05, 4.69) is 22.2 Å². The maximum absolute atomic E-state index is 3.97. The van der Waals surface area contributed by atoms with Crippen molar-refractivity contribution >= 4 is 5.82 Å². The van der Waals surface area contributed by atoms with Crippen LogP contribution in [0.2, 0.25) is 0 Å². The minimum atomic E-state index is 0.653. The van der Waals surface area contributed by atoms with Gasteiger partial charge in [0.05, 0.1) is 12.5 Å². The van der Waals surface area contributed by atoms with E-state index in [1.54, 1.807) is 6.33 Å². The van der Waals surface area contributed by atoms with Crippen LogP contribution in [0.5, 0.6) is 0 Å². The molecule has 1 aromatic rings. The lowest BCUT2D eigenvalue weighted by atomic mass is 10.1. The highest BCUT2D eigenvalue weighted by atomic mass is 15.1. The number of aromatic amines is 1. The van der Waals surface area contributed by atoms with Gasteiger partial charge in [0.1, 0.15) is 5.82 Å². The van der Waals surface area contributed by atoms with Gasteiger partial charge < -0.3 is 10.3 Å². The van der Waals surface area contributed by atoms with Crippen LogP contribution in [0.4, 0.5) is 5.82 Å². The molecule has 0 aliphatic heterocycles. The Hall–Kier alpha value is -0.990. The maximum atomic E-state index is 3.97. The third-order valence-corrected chi connectivity index (χ3v) is 2.55. The third-order valence-electron chi connectivity index (χ3n) is 2.55. The summed E-state index contributed by atoms with van der Waals surface area (Å²) >= 11 is 0. The van der Waals surface area contributed by atoms with Crippen molar-refractivity contribution in [3.63, 3.8) is 0 Å². The van der Waals surface area contributed by atoms with Crippen molar-refractivity contribution in [2.45, 2.75) is 32.2 Å². The van der Waals surface area contributed by atoms with Gasteiger partial charge in [-0.2, -0.15) is 0 Å². The average Bonchev–Trinajstić information content (AvgIpc) is 2.63. The van der Waals surface area contributed by atoms with Gasteiger partial charge in [0.2, 0.25) is 0 Å². The summed E-state index contributed by atoms with van der Waals surface area (Å²) in [5, 5.41) is 3.43. The highest BCUT2D eigenvalue weighted by Crippen LogP contribution is 2.26. The summed E-state index contributed by atoms with van der Waals surface area (Å²) in [5.74, 6) is 1.93. The Morgan fingerprint density at radius 1 is 1.58 bits per heavy atom. The fraction of sp³-hybridized carbons (Fsp3) is 0.667. The van der Waals surface area contributed by atoms with E-state index in [0.717, 1.165) is 11.7 Å². The van der Waals surface area contributed by atoms with Crippen molar-refractivity contribution in [2.24, 2.45) is 5.92 Å². The Bertz CT molecular complexity index is 230. The second-order valence-corrected chi connectivity index (χ2v) is 3.72. The molecule has 1 saturated carbocycles. The predicted octanol–water partition coefficient (Wildman–Crippen LogP) is 2.01. The summed E-state index contributed by atoms with van der Waals surface area (Å²) in [5.41, 5.74) is 0. The number of imidazole rings is 1. The Labute approximate surface area is 72.6 Å². The van der Waals surface area contributed by atoms with Crippen molar-refractivity contribution in [1.82, 2.24) is 9.97 Å². The largest absolute Gasteiger partial charge is 0.368 e. The molecule has 2 atom stereocenters. The molecule has 66 valence electrons. The van der Waals surface area contributed by atoms with Crippen molar-refractivity contribution in [3.05, 3.63) is 12.5 Å². The zero-order valence-electron chi connectivity index (χ0n) is 7.38. The molecule has 3 nitrogen and oxygen atoms in total. The number of rotatable bonds is 2. The van der Waals surface area contributed by atoms with Crippen LogP contribution in [0.1, 0.15) is 26.2 Å². The van der Waals surface area contributed by atoms with E-state index in [0.29, 0.717) is 6.04 Å². The van der Waals surface area contributed by atoms with Gasteiger partial charge in [-0.15, -0.1) is 0 Å². The molecule has 3 heteroatoms. The highest BCUT2D eigenvalue weighted by Gasteiger charge is 2.20. The Balaban J connectivity index is 1.88. The number of hydrogen-bond acceptors (Lipinski definition) is 2. The molecule has 1 heterocycles. The SMILES string of the molecule is CC1CCC(Nc2cnc[nH]2)C1. The average molecular weight is 165 g/mol. The van der Waals surface area contributed by atoms with Crippen molar-refractivity contribution in [3.8, 4) is 0 Å². The number of aromatic nitrogens is 2. The first kappa shape index (κ1) is 7.65. The zero-order chi connectivity index (χ0) is 8.39. The number of nitrogens with zero attached hydrogens (tertiary/aromatic N) is 1. The zero-order valence-corrected chi connectivity index (χ0v) is 7.38. The van der Waals surface area contributed by atoms with Crippen LogP contribution in [-0.4, -0.2) is 16.0 Å². The number of hydrogen-bond donors (Lipinski definition) is 2. The molecule has 1 aromatic heterocycles. The first-order chi connectivity index (χ1) is 5.84. The summed E-state index contributed by atoms with van der Waals surface area (Å²) in [6.45, 7) is 2.31. The summed E-state index contributed by atoms with van der Waals surface area (Å²) < 4.78 is 0. The normalized spacial score (nSPS) is 29.1. The number of H-pyrrole nitrogens is 1. The quantitative estimate of drug-likeness (QED) is 0.703. The van der Waals surface area contributed by atoms with E-state index in [-0.39, 0.29) is 0 Å². The van der Waals surface area contributed by atoms with Crippen LogP contribution in [0.15, 0.2) is 12.5 Å². The van der Waals surface area contributed by atoms with E-state index >= 15 is 0 Å². The van der Waals surface area contributed by atoms with Gasteiger partial charge in [0.25, 0.3) is 0 Å². The van der Waals surface area contributed by atoms with Crippen LogP contribution in [0.25, 0.3) is 0 Å². The molecule has 0 aromatic carbocycles. The van der Waals surface area contributed by atoms with Crippen LogP contribution >= 0.6 is 0 Å². The van der Waals surface area contributed by atoms with E-state index in [1.165, 1.54) is 19.3 Å². The van der Waals surface area contributed by atoms with E-state index in [9.17, 15) is 0 Å². The Morgan fingerprint density at radius 3 is 3.08 bits per heavy atom. The van der Waals surface area contributed by atoms with Gasteiger partial charge in [0.15, 0.2) is 0 Å². The first-order valence-electron chi connectivity index (χ1n) is 4.59. The number of anilines is 1. The second-order valence-electron chi connectivity index (χ2n) is 3.72. The summed E-state index contributed by atoms with van der Waals surface area (Å²) in [7, 11) is 0. The summed E-state index contributed by atoms with van der Waals surface area (Å²) in [6.07, 6.45) is 7.48. The molecule has 1 aliphatic rings. The third kappa shape index (κ3) is 1.60. The molecule has 1 aliphatic carbocycles. The molecule has 2 unspecified atom stereocenters. The maximum Gasteiger partial charge on any atom is 0.123 e. The van der Waals surface area contributed by atoms with Gasteiger partial charge in [-0.1, -0.05) is 6.92 Å². The monoisotopic (exact) mass is 165 g/mol. The van der Waals surface area contributed by atoms with E-state index in [1.807, 2.05) is 6.20 Å². The predicted molar refractivity (Wildman–Crippen MR) is 49.0 cm³/mol. The Kier molecular flexibility index (Phi) is 2.02. The fourth-order valence-electron chi connectivity index (χ4n) is 1.89. The van der Waals surface area contributed by atoms with Crippen molar-refractivity contribution < 1.29 is 0 Å². The molecule has 0 amide bonds. The molecular weight excluding hydrogens is 150 g/mol. The molecule has 0 bridgehead atoms. The molecule has 0 saturated heterocycles. The minimum Gasteiger partial charge on any atom is -0.368 e. The molecule has 1 fully saturated rings. The first-order valence-corrected chi connectivity index (χ1v) is 4.59. The molecule has 0 spiro atoms. The van der Waals surface area contributed by atoms with E-state index in [4.69, 9.17) is 0 Å². The van der Waals surface area contributed by atoms with Crippen molar-refractivity contribution in [2.75, 3.05) is 5.32 Å². The van der Waals surface area contributed by atoms with E-state index < -0.39 is 0 Å². The fourth-order valence-corrected chi connectivity index (χ4v) is 1.89. The van der Waals surface area contributed by atoms with Crippen LogP contribution in [-0.2, 0) is 0 Å². The second kappa shape index (κ2) is 3.17. The molecule has 2 N–H and O–H groups in total. The smallest absolute Gasteiger partial charge is 0.123 e. The summed E-state index contributed by atoms with van der Waals surface area (Å²) in [6, 6.07) is 0.653. The van der Waals surface area contributed by atoms with Crippen LogP contribution in [0, 0.1) is 5.92 Å². The topological polar surface area (TPSA) is 40.7 Å². The number of nitrogens with one attached hydrogen (secondary N) is 2.